The number of aromatic nitrogens is 1. The van der Waals surface area contributed by atoms with Crippen molar-refractivity contribution in [1.82, 2.24) is 4.98 Å². The number of amides is 1. The number of carbonyl (C=O) groups is 1. The van der Waals surface area contributed by atoms with Gasteiger partial charge in [0.15, 0.2) is 21.5 Å². The van der Waals surface area contributed by atoms with E-state index >= 15 is 0 Å². The first-order valence-corrected chi connectivity index (χ1v) is 13.9. The number of anilines is 1. The number of aliphatic hydroxyl groups is 1. The summed E-state index contributed by atoms with van der Waals surface area (Å²) in [6, 6.07) is 8.95. The molecule has 2 unspecified atom stereocenters. The van der Waals surface area contributed by atoms with Gasteiger partial charge in [-0.3, -0.25) is 9.78 Å². The predicted octanol–water partition coefficient (Wildman–Crippen LogP) is 5.65. The van der Waals surface area contributed by atoms with Crippen molar-refractivity contribution < 1.29 is 27.1 Å². The van der Waals surface area contributed by atoms with Crippen LogP contribution in [0, 0.1) is 23.5 Å². The number of halogens is 3. The largest absolute Gasteiger partial charge is 0.390 e. The molecule has 37 heavy (non-hydrogen) atoms. The Hall–Kier alpha value is -2.88. The molecule has 2 atom stereocenters. The van der Waals surface area contributed by atoms with Gasteiger partial charge in [-0.05, 0) is 80.3 Å². The third-order valence-corrected chi connectivity index (χ3v) is 10.5. The second kappa shape index (κ2) is 9.45. The molecule has 2 aliphatic carbocycles. The van der Waals surface area contributed by atoms with Crippen molar-refractivity contribution >= 4 is 33.0 Å². The molecule has 0 radical (unpaired) electrons. The van der Waals surface area contributed by atoms with Gasteiger partial charge in [-0.25, -0.2) is 17.2 Å². The lowest BCUT2D eigenvalue weighted by molar-refractivity contribution is -0.0413. The minimum Gasteiger partial charge on any atom is -0.390 e. The molecule has 2 fully saturated rings. The number of pyridine rings is 1. The van der Waals surface area contributed by atoms with Gasteiger partial charge in [0, 0.05) is 35.3 Å². The van der Waals surface area contributed by atoms with Gasteiger partial charge in [0.25, 0.3) is 5.91 Å². The molecule has 3 aromatic rings. The van der Waals surface area contributed by atoms with Crippen LogP contribution in [0.25, 0.3) is 11.1 Å². The summed E-state index contributed by atoms with van der Waals surface area (Å²) < 4.78 is 54.7. The third-order valence-electron chi connectivity index (χ3n) is 7.82. The molecule has 1 heterocycles. The first-order valence-electron chi connectivity index (χ1n) is 11.9. The molecular weight excluding hydrogens is 522 g/mol. The standard InChI is InChI=1S/C27H25ClF2N2O4S/c1-27(34)16-4-5-17(27)10-19(9-16)37(35,36)25-13-21(20(12-22(25)28)15-3-2-8-31-14-15)26(33)32-18-6-7-23(29)24(30)11-18/h2-3,6-8,11-14,16-17,19,34H,4-5,9-10H2,1H3,(H,32,33). The Morgan fingerprint density at radius 3 is 2.43 bits per heavy atom. The van der Waals surface area contributed by atoms with Gasteiger partial charge in [0.1, 0.15) is 0 Å². The van der Waals surface area contributed by atoms with E-state index in [-0.39, 0.29) is 33.0 Å². The van der Waals surface area contributed by atoms with Crippen molar-refractivity contribution in [3.8, 4) is 11.1 Å². The highest BCUT2D eigenvalue weighted by atomic mass is 35.5. The van der Waals surface area contributed by atoms with E-state index in [1.165, 1.54) is 24.4 Å². The lowest BCUT2D eigenvalue weighted by Gasteiger charge is -2.40. The van der Waals surface area contributed by atoms with Crippen molar-refractivity contribution in [3.63, 3.8) is 0 Å². The van der Waals surface area contributed by atoms with Crippen molar-refractivity contribution in [2.75, 3.05) is 5.32 Å². The summed E-state index contributed by atoms with van der Waals surface area (Å²) >= 11 is 6.53. The van der Waals surface area contributed by atoms with Crippen molar-refractivity contribution in [2.45, 2.75) is 48.4 Å². The van der Waals surface area contributed by atoms with Crippen LogP contribution in [0.5, 0.6) is 0 Å². The predicted molar refractivity (Wildman–Crippen MR) is 136 cm³/mol. The lowest BCUT2D eigenvalue weighted by Crippen LogP contribution is -2.45. The quantitative estimate of drug-likeness (QED) is 0.431. The van der Waals surface area contributed by atoms with Crippen LogP contribution >= 0.6 is 11.6 Å². The van der Waals surface area contributed by atoms with Gasteiger partial charge in [-0.2, -0.15) is 0 Å². The Morgan fingerprint density at radius 1 is 1.11 bits per heavy atom. The molecule has 2 saturated carbocycles. The topological polar surface area (TPSA) is 96.4 Å². The van der Waals surface area contributed by atoms with Crippen LogP contribution in [0.1, 0.15) is 43.0 Å². The normalized spacial score (nSPS) is 25.2. The average Bonchev–Trinajstić information content (AvgIpc) is 3.02. The summed E-state index contributed by atoms with van der Waals surface area (Å²) in [6.07, 6.45) is 5.21. The van der Waals surface area contributed by atoms with Crippen molar-refractivity contribution in [2.24, 2.45) is 11.8 Å². The zero-order valence-electron chi connectivity index (χ0n) is 19.9. The third kappa shape index (κ3) is 4.64. The molecule has 2 N–H and O–H groups in total. The Bertz CT molecular complexity index is 1470. The monoisotopic (exact) mass is 546 g/mol. The second-order valence-electron chi connectivity index (χ2n) is 9.99. The molecule has 2 bridgehead atoms. The SMILES string of the molecule is CC1(O)C2CCC1CC(S(=O)(=O)c1cc(C(=O)Nc3ccc(F)c(F)c3)c(-c3cccnc3)cc1Cl)C2. The van der Waals surface area contributed by atoms with E-state index in [9.17, 15) is 27.1 Å². The van der Waals surface area contributed by atoms with E-state index in [1.54, 1.807) is 25.3 Å². The number of sulfone groups is 1. The first kappa shape index (κ1) is 25.8. The van der Waals surface area contributed by atoms with Crippen LogP contribution in [0.4, 0.5) is 14.5 Å². The van der Waals surface area contributed by atoms with E-state index in [0.717, 1.165) is 25.0 Å². The van der Waals surface area contributed by atoms with Crippen LogP contribution in [0.3, 0.4) is 0 Å². The molecule has 5 rings (SSSR count). The molecular formula is C27H25ClF2N2O4S. The Morgan fingerprint density at radius 2 is 1.81 bits per heavy atom. The number of rotatable bonds is 5. The minimum atomic E-state index is -3.96. The van der Waals surface area contributed by atoms with Crippen LogP contribution in [-0.2, 0) is 9.84 Å². The maximum Gasteiger partial charge on any atom is 0.256 e. The highest BCUT2D eigenvalue weighted by Gasteiger charge is 2.53. The Balaban J connectivity index is 1.57. The lowest BCUT2D eigenvalue weighted by atomic mass is 9.76. The van der Waals surface area contributed by atoms with Crippen molar-refractivity contribution in [1.29, 1.82) is 0 Å². The van der Waals surface area contributed by atoms with Gasteiger partial charge < -0.3 is 10.4 Å². The molecule has 2 aliphatic rings. The zero-order valence-corrected chi connectivity index (χ0v) is 21.5. The van der Waals surface area contributed by atoms with Crippen LogP contribution in [0.2, 0.25) is 5.02 Å². The summed E-state index contributed by atoms with van der Waals surface area (Å²) in [4.78, 5) is 17.2. The summed E-state index contributed by atoms with van der Waals surface area (Å²) in [5.41, 5.74) is -0.0348. The van der Waals surface area contributed by atoms with Crippen LogP contribution in [0.15, 0.2) is 59.8 Å². The molecule has 2 aromatic carbocycles. The van der Waals surface area contributed by atoms with E-state index in [4.69, 9.17) is 11.6 Å². The molecule has 1 aromatic heterocycles. The zero-order chi connectivity index (χ0) is 26.5. The first-order chi connectivity index (χ1) is 17.5. The second-order valence-corrected chi connectivity index (χ2v) is 12.6. The highest BCUT2D eigenvalue weighted by molar-refractivity contribution is 7.92. The maximum absolute atomic E-state index is 13.8. The molecule has 6 nitrogen and oxygen atoms in total. The Labute approximate surface area is 218 Å². The molecule has 194 valence electrons. The molecule has 0 spiro atoms. The van der Waals surface area contributed by atoms with Crippen molar-refractivity contribution in [3.05, 3.63) is 77.1 Å². The minimum absolute atomic E-state index is 0.00600. The number of nitrogens with one attached hydrogen (secondary N) is 1. The maximum atomic E-state index is 13.8. The summed E-state index contributed by atoms with van der Waals surface area (Å²) in [7, 11) is -3.96. The van der Waals surface area contributed by atoms with Gasteiger partial charge >= 0.3 is 0 Å². The highest BCUT2D eigenvalue weighted by Crippen LogP contribution is 2.52. The van der Waals surface area contributed by atoms with Gasteiger partial charge in [-0.1, -0.05) is 17.7 Å². The Kier molecular flexibility index (Phi) is 6.58. The fourth-order valence-corrected chi connectivity index (χ4v) is 8.12. The van der Waals surface area contributed by atoms with Gasteiger partial charge in [0.2, 0.25) is 0 Å². The molecule has 0 saturated heterocycles. The number of hydrogen-bond donors (Lipinski definition) is 2. The number of hydrogen-bond acceptors (Lipinski definition) is 5. The smallest absolute Gasteiger partial charge is 0.256 e. The van der Waals surface area contributed by atoms with E-state index in [2.05, 4.69) is 10.3 Å². The average molecular weight is 547 g/mol. The number of fused-ring (bicyclic) bond motifs is 2. The van der Waals surface area contributed by atoms with E-state index in [0.29, 0.717) is 24.0 Å². The molecule has 1 amide bonds. The van der Waals surface area contributed by atoms with Gasteiger partial charge in [-0.15, -0.1) is 0 Å². The number of nitrogens with zero attached hydrogens (tertiary/aromatic N) is 1. The number of benzene rings is 2. The van der Waals surface area contributed by atoms with Crippen LogP contribution < -0.4 is 5.32 Å². The summed E-state index contributed by atoms with van der Waals surface area (Å²) in [5, 5.41) is 12.5. The van der Waals surface area contributed by atoms with Crippen LogP contribution in [-0.4, -0.2) is 35.3 Å². The van der Waals surface area contributed by atoms with Gasteiger partial charge in [0.05, 0.1) is 20.8 Å². The summed E-state index contributed by atoms with van der Waals surface area (Å²) in [5.74, 6) is -3.17. The van der Waals surface area contributed by atoms with E-state index < -0.39 is 38.2 Å². The number of carbonyl (C=O) groups excluding carboxylic acids is 1. The van der Waals surface area contributed by atoms with E-state index in [1.807, 2.05) is 0 Å². The fraction of sp³-hybridized carbons (Fsp3) is 0.333. The molecule has 0 aliphatic heterocycles. The fourth-order valence-electron chi connectivity index (χ4n) is 5.69. The summed E-state index contributed by atoms with van der Waals surface area (Å²) in [6.45, 7) is 1.77. The molecule has 10 heteroatoms.